The molecule has 2 fully saturated rings. The molecule has 3 nitrogen and oxygen atoms in total. The topological polar surface area (TPSA) is 24.5 Å². The van der Waals surface area contributed by atoms with Gasteiger partial charge in [-0.15, -0.1) is 24.8 Å². The molecule has 0 aromatic heterocycles. The van der Waals surface area contributed by atoms with Crippen LogP contribution in [0, 0.1) is 12.8 Å². The van der Waals surface area contributed by atoms with Gasteiger partial charge in [-0.05, 0) is 42.9 Å². The first-order valence-corrected chi connectivity index (χ1v) is 7.89. The molecule has 1 saturated carbocycles. The summed E-state index contributed by atoms with van der Waals surface area (Å²) in [5, 5.41) is 3.46. The van der Waals surface area contributed by atoms with Gasteiger partial charge in [0.25, 0.3) is 0 Å². The molecule has 126 valence electrons. The van der Waals surface area contributed by atoms with Crippen LogP contribution in [0.1, 0.15) is 36.4 Å². The molecule has 1 aliphatic heterocycles. The Bertz CT molecular complexity index is 460. The van der Waals surface area contributed by atoms with Crippen LogP contribution in [0.3, 0.4) is 0 Å². The van der Waals surface area contributed by atoms with Gasteiger partial charge in [0.05, 0.1) is 7.11 Å². The number of piperazine rings is 1. The standard InChI is InChI=1S/C17H26N2O.2ClH/c1-13-12-15(6-7-16(13)20-2)17(14-4-3-5-14)19-10-8-18-9-11-19;;/h6-7,12,14,17-18H,3-5,8-11H2,1-2H3;2*1H/t17-;;/m1../s1. The monoisotopic (exact) mass is 346 g/mol. The van der Waals surface area contributed by atoms with Gasteiger partial charge in [-0.1, -0.05) is 18.6 Å². The second kappa shape index (κ2) is 8.97. The molecule has 1 atom stereocenters. The van der Waals surface area contributed by atoms with E-state index in [9.17, 15) is 0 Å². The van der Waals surface area contributed by atoms with Crippen LogP contribution < -0.4 is 10.1 Å². The zero-order chi connectivity index (χ0) is 13.9. The molecule has 0 amide bonds. The summed E-state index contributed by atoms with van der Waals surface area (Å²) in [5.74, 6) is 1.85. The van der Waals surface area contributed by atoms with Gasteiger partial charge in [-0.3, -0.25) is 4.90 Å². The second-order valence-corrected chi connectivity index (χ2v) is 6.15. The number of hydrogen-bond acceptors (Lipinski definition) is 3. The zero-order valence-corrected chi connectivity index (χ0v) is 15.1. The number of aryl methyl sites for hydroxylation is 1. The Balaban J connectivity index is 0.00000121. The van der Waals surface area contributed by atoms with E-state index in [4.69, 9.17) is 4.74 Å². The summed E-state index contributed by atoms with van der Waals surface area (Å²) in [6.45, 7) is 6.74. The fourth-order valence-electron chi connectivity index (χ4n) is 3.58. The van der Waals surface area contributed by atoms with E-state index in [0.717, 1.165) is 24.8 Å². The van der Waals surface area contributed by atoms with Crippen molar-refractivity contribution in [1.29, 1.82) is 0 Å². The highest BCUT2D eigenvalue weighted by atomic mass is 35.5. The first kappa shape index (κ1) is 19.6. The number of nitrogens with one attached hydrogen (secondary N) is 1. The Kier molecular flexibility index (Phi) is 7.98. The molecule has 1 heterocycles. The third-order valence-electron chi connectivity index (χ3n) is 4.90. The molecule has 5 heteroatoms. The summed E-state index contributed by atoms with van der Waals surface area (Å²) >= 11 is 0. The highest BCUT2D eigenvalue weighted by Gasteiger charge is 2.33. The highest BCUT2D eigenvalue weighted by Crippen LogP contribution is 2.42. The number of benzene rings is 1. The van der Waals surface area contributed by atoms with Gasteiger partial charge in [-0.25, -0.2) is 0 Å². The van der Waals surface area contributed by atoms with Gasteiger partial charge < -0.3 is 10.1 Å². The molecular formula is C17H28Cl2N2O. The van der Waals surface area contributed by atoms with Gasteiger partial charge in [0.15, 0.2) is 0 Å². The average Bonchev–Trinajstić information content (AvgIpc) is 2.43. The number of rotatable bonds is 4. The third-order valence-corrected chi connectivity index (χ3v) is 4.90. The molecule has 1 aromatic rings. The number of hydrogen-bond donors (Lipinski definition) is 1. The van der Waals surface area contributed by atoms with E-state index in [1.807, 2.05) is 0 Å². The summed E-state index contributed by atoms with van der Waals surface area (Å²) in [4.78, 5) is 2.68. The van der Waals surface area contributed by atoms with Crippen LogP contribution in [-0.4, -0.2) is 38.2 Å². The number of ether oxygens (including phenoxy) is 1. The van der Waals surface area contributed by atoms with Crippen LogP contribution in [0.2, 0.25) is 0 Å². The van der Waals surface area contributed by atoms with Crippen molar-refractivity contribution in [3.8, 4) is 5.75 Å². The fourth-order valence-corrected chi connectivity index (χ4v) is 3.58. The highest BCUT2D eigenvalue weighted by molar-refractivity contribution is 5.85. The predicted octanol–water partition coefficient (Wildman–Crippen LogP) is 3.59. The summed E-state index contributed by atoms with van der Waals surface area (Å²) in [6.07, 6.45) is 4.18. The van der Waals surface area contributed by atoms with Crippen molar-refractivity contribution in [3.63, 3.8) is 0 Å². The van der Waals surface area contributed by atoms with E-state index in [1.54, 1.807) is 7.11 Å². The molecule has 1 aromatic carbocycles. The van der Waals surface area contributed by atoms with Gasteiger partial charge in [0.1, 0.15) is 5.75 Å². The lowest BCUT2D eigenvalue weighted by molar-refractivity contribution is 0.0836. The van der Waals surface area contributed by atoms with Crippen LogP contribution in [0.5, 0.6) is 5.75 Å². The minimum absolute atomic E-state index is 0. The van der Waals surface area contributed by atoms with Crippen molar-refractivity contribution in [3.05, 3.63) is 29.3 Å². The first-order chi connectivity index (χ1) is 9.79. The molecule has 0 radical (unpaired) electrons. The van der Waals surface area contributed by atoms with Crippen molar-refractivity contribution >= 4 is 24.8 Å². The lowest BCUT2D eigenvalue weighted by atomic mass is 9.76. The number of methoxy groups -OCH3 is 1. The summed E-state index contributed by atoms with van der Waals surface area (Å²) in [6, 6.07) is 7.36. The number of nitrogens with zero attached hydrogens (tertiary/aromatic N) is 1. The van der Waals surface area contributed by atoms with Crippen LogP contribution in [-0.2, 0) is 0 Å². The van der Waals surface area contributed by atoms with E-state index in [0.29, 0.717) is 6.04 Å². The van der Waals surface area contributed by atoms with Crippen LogP contribution >= 0.6 is 24.8 Å². The first-order valence-electron chi connectivity index (χ1n) is 7.89. The molecule has 1 aliphatic carbocycles. The average molecular weight is 347 g/mol. The van der Waals surface area contributed by atoms with Gasteiger partial charge in [-0.2, -0.15) is 0 Å². The lowest BCUT2D eigenvalue weighted by Crippen LogP contribution is -2.47. The van der Waals surface area contributed by atoms with Crippen molar-refractivity contribution in [2.75, 3.05) is 33.3 Å². The maximum Gasteiger partial charge on any atom is 0.121 e. The van der Waals surface area contributed by atoms with Gasteiger partial charge in [0, 0.05) is 32.2 Å². The van der Waals surface area contributed by atoms with Gasteiger partial charge >= 0.3 is 0 Å². The minimum Gasteiger partial charge on any atom is -0.496 e. The molecule has 0 unspecified atom stereocenters. The zero-order valence-electron chi connectivity index (χ0n) is 13.5. The Morgan fingerprint density at radius 3 is 2.36 bits per heavy atom. The normalized spacial score (nSPS) is 20.3. The largest absolute Gasteiger partial charge is 0.496 e. The number of halogens is 2. The van der Waals surface area contributed by atoms with E-state index in [1.165, 1.54) is 43.5 Å². The Labute approximate surface area is 146 Å². The van der Waals surface area contributed by atoms with Crippen LogP contribution in [0.15, 0.2) is 18.2 Å². The van der Waals surface area contributed by atoms with Crippen LogP contribution in [0.25, 0.3) is 0 Å². The summed E-state index contributed by atoms with van der Waals surface area (Å²) < 4.78 is 5.40. The minimum atomic E-state index is 0. The third kappa shape index (κ3) is 4.08. The summed E-state index contributed by atoms with van der Waals surface area (Å²) in [5.41, 5.74) is 2.74. The van der Waals surface area contributed by atoms with E-state index in [-0.39, 0.29) is 24.8 Å². The van der Waals surface area contributed by atoms with E-state index in [2.05, 4.69) is 35.3 Å². The molecular weight excluding hydrogens is 319 g/mol. The SMILES string of the molecule is COc1ccc([C@@H](C2CCC2)N2CCNCC2)cc1C.Cl.Cl. The van der Waals surface area contributed by atoms with Crippen molar-refractivity contribution in [2.45, 2.75) is 32.2 Å². The van der Waals surface area contributed by atoms with E-state index < -0.39 is 0 Å². The molecule has 2 aliphatic rings. The molecule has 3 rings (SSSR count). The Morgan fingerprint density at radius 1 is 1.18 bits per heavy atom. The maximum absolute atomic E-state index is 5.40. The fraction of sp³-hybridized carbons (Fsp3) is 0.647. The quantitative estimate of drug-likeness (QED) is 0.901. The summed E-state index contributed by atoms with van der Waals surface area (Å²) in [7, 11) is 1.75. The van der Waals surface area contributed by atoms with Gasteiger partial charge in [0.2, 0.25) is 0 Å². The molecule has 0 spiro atoms. The molecule has 1 saturated heterocycles. The van der Waals surface area contributed by atoms with E-state index >= 15 is 0 Å². The predicted molar refractivity (Wildman–Crippen MR) is 96.8 cm³/mol. The molecule has 1 N–H and O–H groups in total. The van der Waals surface area contributed by atoms with Crippen molar-refractivity contribution < 1.29 is 4.74 Å². The Hall–Kier alpha value is -0.480. The second-order valence-electron chi connectivity index (χ2n) is 6.15. The van der Waals surface area contributed by atoms with Crippen molar-refractivity contribution in [2.24, 2.45) is 5.92 Å². The molecule has 22 heavy (non-hydrogen) atoms. The maximum atomic E-state index is 5.40. The molecule has 0 bridgehead atoms. The smallest absolute Gasteiger partial charge is 0.121 e. The Morgan fingerprint density at radius 2 is 1.86 bits per heavy atom. The lowest BCUT2D eigenvalue weighted by Gasteiger charge is -2.43. The van der Waals surface area contributed by atoms with Crippen LogP contribution in [0.4, 0.5) is 0 Å². The van der Waals surface area contributed by atoms with Crippen molar-refractivity contribution in [1.82, 2.24) is 10.2 Å².